The lowest BCUT2D eigenvalue weighted by Crippen LogP contribution is -2.31. The molecule has 1 unspecified atom stereocenters. The van der Waals surface area contributed by atoms with Crippen molar-refractivity contribution in [2.45, 2.75) is 13.0 Å². The normalized spacial score (nSPS) is 11.8. The number of carbonyl (C=O) groups excluding carboxylic acids is 1. The third-order valence-corrected chi connectivity index (χ3v) is 3.64. The van der Waals surface area contributed by atoms with Crippen LogP contribution >= 0.6 is 23.2 Å². The lowest BCUT2D eigenvalue weighted by molar-refractivity contribution is -0.123. The van der Waals surface area contributed by atoms with Crippen LogP contribution in [0.5, 0.6) is 5.75 Å². The first-order valence-electron chi connectivity index (χ1n) is 6.59. The molecule has 116 valence electrons. The van der Waals surface area contributed by atoms with Crippen LogP contribution in [-0.4, -0.2) is 12.5 Å². The second-order valence-corrected chi connectivity index (χ2v) is 5.49. The summed E-state index contributed by atoms with van der Waals surface area (Å²) in [5.74, 6) is -0.523. The summed E-state index contributed by atoms with van der Waals surface area (Å²) in [4.78, 5) is 11.9. The van der Waals surface area contributed by atoms with Crippen molar-refractivity contribution < 1.29 is 13.9 Å². The zero-order valence-corrected chi connectivity index (χ0v) is 13.3. The molecule has 1 amide bonds. The molecular formula is C16H14Cl2FNO2. The zero-order chi connectivity index (χ0) is 16.1. The van der Waals surface area contributed by atoms with Crippen molar-refractivity contribution in [3.8, 4) is 5.75 Å². The van der Waals surface area contributed by atoms with Gasteiger partial charge in [0.15, 0.2) is 6.61 Å². The minimum absolute atomic E-state index is 0.0534. The van der Waals surface area contributed by atoms with Crippen LogP contribution in [0, 0.1) is 5.82 Å². The van der Waals surface area contributed by atoms with Crippen LogP contribution in [0.15, 0.2) is 42.5 Å². The van der Waals surface area contributed by atoms with Crippen LogP contribution in [0.2, 0.25) is 10.0 Å². The van der Waals surface area contributed by atoms with E-state index in [9.17, 15) is 9.18 Å². The SMILES string of the molecule is CC(NC(=O)COc1ccc(F)c(Cl)c1)c1ccccc1Cl. The predicted octanol–water partition coefficient (Wildman–Crippen LogP) is 4.39. The molecule has 0 radical (unpaired) electrons. The third kappa shape index (κ3) is 4.36. The van der Waals surface area contributed by atoms with E-state index in [1.807, 2.05) is 25.1 Å². The average Bonchev–Trinajstić information content (AvgIpc) is 2.49. The summed E-state index contributed by atoms with van der Waals surface area (Å²) in [6.45, 7) is 1.63. The smallest absolute Gasteiger partial charge is 0.258 e. The minimum Gasteiger partial charge on any atom is -0.484 e. The second-order valence-electron chi connectivity index (χ2n) is 4.68. The highest BCUT2D eigenvalue weighted by atomic mass is 35.5. The standard InChI is InChI=1S/C16H14Cl2FNO2/c1-10(12-4-2-3-5-13(12)17)20-16(21)9-22-11-6-7-15(19)14(18)8-11/h2-8,10H,9H2,1H3,(H,20,21). The van der Waals surface area contributed by atoms with E-state index in [0.29, 0.717) is 10.8 Å². The van der Waals surface area contributed by atoms with Crippen molar-refractivity contribution in [3.63, 3.8) is 0 Å². The van der Waals surface area contributed by atoms with Crippen LogP contribution in [0.4, 0.5) is 4.39 Å². The van der Waals surface area contributed by atoms with Crippen molar-refractivity contribution in [3.05, 3.63) is 63.9 Å². The molecule has 0 fully saturated rings. The lowest BCUT2D eigenvalue weighted by Gasteiger charge is -2.16. The monoisotopic (exact) mass is 341 g/mol. The number of rotatable bonds is 5. The molecule has 0 aliphatic heterocycles. The average molecular weight is 342 g/mol. The molecule has 0 spiro atoms. The highest BCUT2D eigenvalue weighted by molar-refractivity contribution is 6.31. The van der Waals surface area contributed by atoms with E-state index in [1.54, 1.807) is 6.07 Å². The Labute approximate surface area is 138 Å². The molecule has 0 aromatic heterocycles. The fraction of sp³-hybridized carbons (Fsp3) is 0.188. The summed E-state index contributed by atoms with van der Waals surface area (Å²) >= 11 is 11.7. The molecule has 1 atom stereocenters. The number of benzene rings is 2. The summed E-state index contributed by atoms with van der Waals surface area (Å²) in [5.41, 5.74) is 0.822. The maximum atomic E-state index is 13.0. The van der Waals surface area contributed by atoms with Gasteiger partial charge in [-0.05, 0) is 30.7 Å². The van der Waals surface area contributed by atoms with E-state index in [-0.39, 0.29) is 23.6 Å². The molecule has 0 heterocycles. The zero-order valence-electron chi connectivity index (χ0n) is 11.8. The molecule has 2 aromatic carbocycles. The molecular weight excluding hydrogens is 328 g/mol. The predicted molar refractivity (Wildman–Crippen MR) is 84.9 cm³/mol. The number of ether oxygens (including phenoxy) is 1. The van der Waals surface area contributed by atoms with Crippen LogP contribution < -0.4 is 10.1 Å². The molecule has 22 heavy (non-hydrogen) atoms. The van der Waals surface area contributed by atoms with Crippen molar-refractivity contribution in [2.24, 2.45) is 0 Å². The van der Waals surface area contributed by atoms with Crippen molar-refractivity contribution >= 4 is 29.1 Å². The van der Waals surface area contributed by atoms with Gasteiger partial charge in [-0.1, -0.05) is 41.4 Å². The van der Waals surface area contributed by atoms with Gasteiger partial charge in [-0.3, -0.25) is 4.79 Å². The fourth-order valence-corrected chi connectivity index (χ4v) is 2.37. The van der Waals surface area contributed by atoms with Crippen LogP contribution in [-0.2, 0) is 4.79 Å². The lowest BCUT2D eigenvalue weighted by atomic mass is 10.1. The van der Waals surface area contributed by atoms with Gasteiger partial charge >= 0.3 is 0 Å². The Morgan fingerprint density at radius 2 is 1.95 bits per heavy atom. The van der Waals surface area contributed by atoms with Gasteiger partial charge in [0.1, 0.15) is 11.6 Å². The number of halogens is 3. The highest BCUT2D eigenvalue weighted by Crippen LogP contribution is 2.23. The van der Waals surface area contributed by atoms with Gasteiger partial charge in [0.25, 0.3) is 5.91 Å². The molecule has 0 aliphatic carbocycles. The van der Waals surface area contributed by atoms with E-state index < -0.39 is 5.82 Å². The van der Waals surface area contributed by atoms with Crippen molar-refractivity contribution in [1.82, 2.24) is 5.32 Å². The Morgan fingerprint density at radius 3 is 2.64 bits per heavy atom. The molecule has 2 rings (SSSR count). The molecule has 0 saturated carbocycles. The molecule has 0 bridgehead atoms. The third-order valence-electron chi connectivity index (χ3n) is 3.01. The molecule has 3 nitrogen and oxygen atoms in total. The van der Waals surface area contributed by atoms with Crippen LogP contribution in [0.25, 0.3) is 0 Å². The maximum absolute atomic E-state index is 13.0. The quantitative estimate of drug-likeness (QED) is 0.875. The fourth-order valence-electron chi connectivity index (χ4n) is 1.90. The summed E-state index contributed by atoms with van der Waals surface area (Å²) in [6.07, 6.45) is 0. The summed E-state index contributed by atoms with van der Waals surface area (Å²) in [6, 6.07) is 10.9. The van der Waals surface area contributed by atoms with Crippen LogP contribution in [0.1, 0.15) is 18.5 Å². The number of carbonyl (C=O) groups is 1. The molecule has 0 saturated heterocycles. The van der Waals surface area contributed by atoms with E-state index in [1.165, 1.54) is 18.2 Å². The Hall–Kier alpha value is -1.78. The largest absolute Gasteiger partial charge is 0.484 e. The van der Waals surface area contributed by atoms with Gasteiger partial charge in [-0.2, -0.15) is 0 Å². The molecule has 2 aromatic rings. The highest BCUT2D eigenvalue weighted by Gasteiger charge is 2.13. The van der Waals surface area contributed by atoms with Crippen molar-refractivity contribution in [2.75, 3.05) is 6.61 Å². The first kappa shape index (κ1) is 16.6. The number of amides is 1. The van der Waals surface area contributed by atoms with Gasteiger partial charge in [0.2, 0.25) is 0 Å². The van der Waals surface area contributed by atoms with Crippen molar-refractivity contribution in [1.29, 1.82) is 0 Å². The van der Waals surface area contributed by atoms with E-state index >= 15 is 0 Å². The Bertz CT molecular complexity index is 679. The Morgan fingerprint density at radius 1 is 1.23 bits per heavy atom. The second kappa shape index (κ2) is 7.47. The van der Waals surface area contributed by atoms with Gasteiger partial charge < -0.3 is 10.1 Å². The summed E-state index contributed by atoms with van der Waals surface area (Å²) in [5, 5.41) is 3.31. The molecule has 1 N–H and O–H groups in total. The van der Waals surface area contributed by atoms with Crippen LogP contribution in [0.3, 0.4) is 0 Å². The molecule has 6 heteroatoms. The van der Waals surface area contributed by atoms with E-state index in [0.717, 1.165) is 5.56 Å². The summed E-state index contributed by atoms with van der Waals surface area (Å²) < 4.78 is 18.3. The Balaban J connectivity index is 1.90. The van der Waals surface area contributed by atoms with E-state index in [4.69, 9.17) is 27.9 Å². The van der Waals surface area contributed by atoms with Gasteiger partial charge in [0.05, 0.1) is 11.1 Å². The number of hydrogen-bond donors (Lipinski definition) is 1. The number of nitrogens with one attached hydrogen (secondary N) is 1. The molecule has 0 aliphatic rings. The van der Waals surface area contributed by atoms with Gasteiger partial charge in [-0.25, -0.2) is 4.39 Å². The van der Waals surface area contributed by atoms with E-state index in [2.05, 4.69) is 5.32 Å². The maximum Gasteiger partial charge on any atom is 0.258 e. The first-order chi connectivity index (χ1) is 10.5. The minimum atomic E-state index is -0.536. The number of hydrogen-bond acceptors (Lipinski definition) is 2. The topological polar surface area (TPSA) is 38.3 Å². The van der Waals surface area contributed by atoms with Gasteiger partial charge in [-0.15, -0.1) is 0 Å². The first-order valence-corrected chi connectivity index (χ1v) is 7.34. The Kier molecular flexibility index (Phi) is 5.63. The summed E-state index contributed by atoms with van der Waals surface area (Å²) in [7, 11) is 0. The van der Waals surface area contributed by atoms with Gasteiger partial charge in [0, 0.05) is 11.1 Å².